The molecule has 0 aliphatic carbocycles. The van der Waals surface area contributed by atoms with Gasteiger partial charge in [0, 0.05) is 14.5 Å². The van der Waals surface area contributed by atoms with Crippen molar-refractivity contribution < 1.29 is 0 Å². The van der Waals surface area contributed by atoms with E-state index in [1.54, 1.807) is 6.07 Å². The lowest BCUT2D eigenvalue weighted by molar-refractivity contribution is 1.16. The third-order valence-electron chi connectivity index (χ3n) is 2.66. The Morgan fingerprint density at radius 3 is 2.39 bits per heavy atom. The van der Waals surface area contributed by atoms with Crippen molar-refractivity contribution in [2.75, 3.05) is 0 Å². The van der Waals surface area contributed by atoms with Crippen LogP contribution in [0.1, 0.15) is 21.5 Å². The van der Waals surface area contributed by atoms with Gasteiger partial charge in [0.1, 0.15) is 0 Å². The molecule has 0 spiro atoms. The van der Waals surface area contributed by atoms with Crippen LogP contribution in [0.3, 0.4) is 0 Å². The van der Waals surface area contributed by atoms with Gasteiger partial charge in [-0.3, -0.25) is 0 Å². The third-order valence-corrected chi connectivity index (χ3v) is 4.91. The Kier molecular flexibility index (Phi) is 4.76. The van der Waals surface area contributed by atoms with Gasteiger partial charge in [0.2, 0.25) is 0 Å². The van der Waals surface area contributed by atoms with Crippen molar-refractivity contribution >= 4 is 55.1 Å². The molecule has 4 heteroatoms. The Bertz CT molecular complexity index is 582. The number of benzene rings is 2. The normalized spacial score (nSPS) is 12.5. The van der Waals surface area contributed by atoms with Gasteiger partial charge in [-0.15, -0.1) is 0 Å². The molecular formula is C14H10Br2Cl2. The molecule has 1 atom stereocenters. The molecule has 2 aromatic carbocycles. The average Bonchev–Trinajstić information content (AvgIpc) is 2.31. The first kappa shape index (κ1) is 14.4. The molecule has 0 saturated carbocycles. The van der Waals surface area contributed by atoms with Crippen LogP contribution in [-0.4, -0.2) is 0 Å². The van der Waals surface area contributed by atoms with Gasteiger partial charge in [0.25, 0.3) is 0 Å². The summed E-state index contributed by atoms with van der Waals surface area (Å²) in [6.45, 7) is 2.06. The topological polar surface area (TPSA) is 0 Å². The van der Waals surface area contributed by atoms with E-state index >= 15 is 0 Å². The summed E-state index contributed by atoms with van der Waals surface area (Å²) in [4.78, 5) is 0.0127. The van der Waals surface area contributed by atoms with E-state index < -0.39 is 0 Å². The standard InChI is InChI=1S/C14H10Br2Cl2/c1-8-2-4-10(12(15)6-8)14(16)11-7-9(17)3-5-13(11)18/h2-7,14H,1H3. The maximum absolute atomic E-state index is 6.22. The summed E-state index contributed by atoms with van der Waals surface area (Å²) >= 11 is 19.5. The molecule has 0 radical (unpaired) electrons. The molecule has 0 heterocycles. The van der Waals surface area contributed by atoms with Crippen molar-refractivity contribution in [1.29, 1.82) is 0 Å². The van der Waals surface area contributed by atoms with Crippen LogP contribution in [0.2, 0.25) is 10.0 Å². The van der Waals surface area contributed by atoms with Crippen molar-refractivity contribution in [3.63, 3.8) is 0 Å². The van der Waals surface area contributed by atoms with Crippen molar-refractivity contribution in [1.82, 2.24) is 0 Å². The van der Waals surface area contributed by atoms with Crippen LogP contribution in [-0.2, 0) is 0 Å². The Labute approximate surface area is 134 Å². The molecular weight excluding hydrogens is 399 g/mol. The number of aryl methyl sites for hydroxylation is 1. The Morgan fingerprint density at radius 1 is 1.00 bits per heavy atom. The Balaban J connectivity index is 2.47. The quantitative estimate of drug-likeness (QED) is 0.494. The first-order valence-corrected chi connectivity index (χ1v) is 7.80. The number of rotatable bonds is 2. The van der Waals surface area contributed by atoms with Gasteiger partial charge >= 0.3 is 0 Å². The molecule has 18 heavy (non-hydrogen) atoms. The molecule has 0 saturated heterocycles. The van der Waals surface area contributed by atoms with Gasteiger partial charge in [0.15, 0.2) is 0 Å². The van der Waals surface area contributed by atoms with E-state index in [4.69, 9.17) is 23.2 Å². The maximum Gasteiger partial charge on any atom is 0.0670 e. The van der Waals surface area contributed by atoms with Crippen molar-refractivity contribution in [3.8, 4) is 0 Å². The predicted octanol–water partition coefficient (Wildman–Crippen LogP) is 6.55. The number of halogens is 4. The summed E-state index contributed by atoms with van der Waals surface area (Å²) in [5.74, 6) is 0. The number of hydrogen-bond acceptors (Lipinski definition) is 0. The fourth-order valence-electron chi connectivity index (χ4n) is 1.71. The van der Waals surface area contributed by atoms with Crippen LogP contribution >= 0.6 is 55.1 Å². The van der Waals surface area contributed by atoms with E-state index in [-0.39, 0.29) is 4.83 Å². The third kappa shape index (κ3) is 3.11. The second kappa shape index (κ2) is 5.96. The van der Waals surface area contributed by atoms with Gasteiger partial charge in [0.05, 0.1) is 4.83 Å². The largest absolute Gasteiger partial charge is 0.0843 e. The van der Waals surface area contributed by atoms with E-state index in [0.717, 1.165) is 15.6 Å². The molecule has 94 valence electrons. The van der Waals surface area contributed by atoms with Crippen molar-refractivity contribution in [2.24, 2.45) is 0 Å². The molecule has 1 unspecified atom stereocenters. The minimum Gasteiger partial charge on any atom is -0.0843 e. The molecule has 0 amide bonds. The van der Waals surface area contributed by atoms with Gasteiger partial charge in [-0.05, 0) is 47.9 Å². The van der Waals surface area contributed by atoms with Gasteiger partial charge < -0.3 is 0 Å². The van der Waals surface area contributed by atoms with Crippen LogP contribution < -0.4 is 0 Å². The zero-order valence-electron chi connectivity index (χ0n) is 9.55. The fourth-order valence-corrected chi connectivity index (χ4v) is 4.06. The highest BCUT2D eigenvalue weighted by Gasteiger charge is 2.16. The molecule has 0 N–H and O–H groups in total. The SMILES string of the molecule is Cc1ccc(C(Br)c2cc(Cl)ccc2Cl)c(Br)c1. The number of hydrogen-bond donors (Lipinski definition) is 0. The summed E-state index contributed by atoms with van der Waals surface area (Å²) in [6.07, 6.45) is 0. The summed E-state index contributed by atoms with van der Waals surface area (Å²) in [6, 6.07) is 11.7. The van der Waals surface area contributed by atoms with Gasteiger partial charge in [-0.2, -0.15) is 0 Å². The van der Waals surface area contributed by atoms with Crippen LogP contribution in [0, 0.1) is 6.92 Å². The van der Waals surface area contributed by atoms with Crippen molar-refractivity contribution in [3.05, 3.63) is 67.6 Å². The average molecular weight is 409 g/mol. The molecule has 0 aliphatic rings. The molecule has 0 nitrogen and oxygen atoms in total. The molecule has 2 aromatic rings. The van der Waals surface area contributed by atoms with E-state index in [1.807, 2.05) is 12.1 Å². The van der Waals surface area contributed by atoms with E-state index in [1.165, 1.54) is 5.56 Å². The monoisotopic (exact) mass is 406 g/mol. The minimum atomic E-state index is 0.0127. The second-order valence-corrected chi connectivity index (χ2v) is 6.67. The lowest BCUT2D eigenvalue weighted by Gasteiger charge is -2.15. The molecule has 0 aromatic heterocycles. The second-order valence-electron chi connectivity index (χ2n) is 4.05. The van der Waals surface area contributed by atoms with Gasteiger partial charge in [-0.1, -0.05) is 67.2 Å². The Morgan fingerprint density at radius 2 is 1.72 bits per heavy atom. The highest BCUT2D eigenvalue weighted by molar-refractivity contribution is 9.11. The van der Waals surface area contributed by atoms with Crippen LogP contribution in [0.4, 0.5) is 0 Å². The predicted molar refractivity (Wildman–Crippen MR) is 86.1 cm³/mol. The molecule has 0 aliphatic heterocycles. The first-order valence-electron chi connectivity index (χ1n) is 5.34. The highest BCUT2D eigenvalue weighted by Crippen LogP contribution is 2.39. The van der Waals surface area contributed by atoms with Crippen molar-refractivity contribution in [2.45, 2.75) is 11.8 Å². The fraction of sp³-hybridized carbons (Fsp3) is 0.143. The molecule has 0 bridgehead atoms. The van der Waals surface area contributed by atoms with Gasteiger partial charge in [-0.25, -0.2) is 0 Å². The van der Waals surface area contributed by atoms with E-state index in [9.17, 15) is 0 Å². The summed E-state index contributed by atoms with van der Waals surface area (Å²) < 4.78 is 1.06. The van der Waals surface area contributed by atoms with Crippen LogP contribution in [0.5, 0.6) is 0 Å². The highest BCUT2D eigenvalue weighted by atomic mass is 79.9. The first-order chi connectivity index (χ1) is 8.49. The van der Waals surface area contributed by atoms with Crippen LogP contribution in [0.15, 0.2) is 40.9 Å². The molecule has 0 fully saturated rings. The lowest BCUT2D eigenvalue weighted by Crippen LogP contribution is -1.95. The van der Waals surface area contributed by atoms with E-state index in [2.05, 4.69) is 57.0 Å². The summed E-state index contributed by atoms with van der Waals surface area (Å²) in [5, 5.41) is 1.39. The number of alkyl halides is 1. The smallest absolute Gasteiger partial charge is 0.0670 e. The molecule has 2 rings (SSSR count). The Hall–Kier alpha value is -0.0200. The zero-order valence-corrected chi connectivity index (χ0v) is 14.2. The summed E-state index contributed by atoms with van der Waals surface area (Å²) in [5.41, 5.74) is 3.31. The summed E-state index contributed by atoms with van der Waals surface area (Å²) in [7, 11) is 0. The lowest BCUT2D eigenvalue weighted by atomic mass is 10.0. The minimum absolute atomic E-state index is 0.0127. The maximum atomic E-state index is 6.22. The zero-order chi connectivity index (χ0) is 13.3. The van der Waals surface area contributed by atoms with E-state index in [0.29, 0.717) is 10.0 Å². The van der Waals surface area contributed by atoms with Crippen LogP contribution in [0.25, 0.3) is 0 Å².